The van der Waals surface area contributed by atoms with E-state index in [1.807, 2.05) is 0 Å². The van der Waals surface area contributed by atoms with Gasteiger partial charge in [0.2, 0.25) is 0 Å². The molecule has 1 saturated carbocycles. The fraction of sp³-hybridized carbons (Fsp3) is 1.00. The predicted molar refractivity (Wildman–Crippen MR) is 88.2 cm³/mol. The van der Waals surface area contributed by atoms with Gasteiger partial charge in [0, 0.05) is 12.6 Å². The largest absolute Gasteiger partial charge is 0.377 e. The molecule has 2 atom stereocenters. The van der Waals surface area contributed by atoms with Crippen molar-refractivity contribution in [3.8, 4) is 0 Å². The van der Waals surface area contributed by atoms with E-state index in [0.29, 0.717) is 17.6 Å². The molecule has 2 unspecified atom stereocenters. The third-order valence-corrected chi connectivity index (χ3v) is 4.72. The standard InChI is InChI=1S/C18H37NO/c1-5-7-8-9-10-15-20-16-12-11-13-18(3,4)17(16)19-14-6-2/h16-17,19H,5-15H2,1-4H3. The van der Waals surface area contributed by atoms with Crippen molar-refractivity contribution in [3.63, 3.8) is 0 Å². The van der Waals surface area contributed by atoms with Gasteiger partial charge < -0.3 is 10.1 Å². The van der Waals surface area contributed by atoms with Crippen LogP contribution in [0.1, 0.15) is 85.5 Å². The van der Waals surface area contributed by atoms with Crippen LogP contribution < -0.4 is 5.32 Å². The maximum atomic E-state index is 6.25. The third kappa shape index (κ3) is 6.13. The summed E-state index contributed by atoms with van der Waals surface area (Å²) in [5.74, 6) is 0. The van der Waals surface area contributed by atoms with E-state index in [9.17, 15) is 0 Å². The summed E-state index contributed by atoms with van der Waals surface area (Å²) in [7, 11) is 0. The van der Waals surface area contributed by atoms with E-state index in [0.717, 1.165) is 13.2 Å². The Hall–Kier alpha value is -0.0800. The molecule has 0 bridgehead atoms. The molecule has 0 aromatic rings. The van der Waals surface area contributed by atoms with Gasteiger partial charge in [-0.25, -0.2) is 0 Å². The van der Waals surface area contributed by atoms with Crippen molar-refractivity contribution in [3.05, 3.63) is 0 Å². The average molecular weight is 284 g/mol. The lowest BCUT2D eigenvalue weighted by atomic mass is 9.71. The second kappa shape index (κ2) is 9.78. The summed E-state index contributed by atoms with van der Waals surface area (Å²) in [4.78, 5) is 0. The van der Waals surface area contributed by atoms with Gasteiger partial charge in [0.1, 0.15) is 0 Å². The molecule has 0 saturated heterocycles. The van der Waals surface area contributed by atoms with Gasteiger partial charge in [-0.2, -0.15) is 0 Å². The highest BCUT2D eigenvalue weighted by atomic mass is 16.5. The van der Waals surface area contributed by atoms with Gasteiger partial charge in [-0.15, -0.1) is 0 Å². The SMILES string of the molecule is CCCCCCCOC1CCCC(C)(C)C1NCCC. The van der Waals surface area contributed by atoms with Crippen LogP contribution in [0.15, 0.2) is 0 Å². The topological polar surface area (TPSA) is 21.3 Å². The smallest absolute Gasteiger partial charge is 0.0733 e. The maximum absolute atomic E-state index is 6.25. The van der Waals surface area contributed by atoms with Crippen LogP contribution in [0.3, 0.4) is 0 Å². The lowest BCUT2D eigenvalue weighted by Gasteiger charge is -2.44. The maximum Gasteiger partial charge on any atom is 0.0733 e. The number of hydrogen-bond donors (Lipinski definition) is 1. The fourth-order valence-electron chi connectivity index (χ4n) is 3.41. The molecule has 2 nitrogen and oxygen atoms in total. The third-order valence-electron chi connectivity index (χ3n) is 4.72. The summed E-state index contributed by atoms with van der Waals surface area (Å²) in [5.41, 5.74) is 0.375. The van der Waals surface area contributed by atoms with Crippen molar-refractivity contribution < 1.29 is 4.74 Å². The Labute approximate surface area is 127 Å². The Morgan fingerprint density at radius 2 is 1.80 bits per heavy atom. The second-order valence-electron chi connectivity index (χ2n) is 7.14. The first-order valence-electron chi connectivity index (χ1n) is 8.96. The molecule has 0 aromatic carbocycles. The lowest BCUT2D eigenvalue weighted by molar-refractivity contribution is -0.0382. The number of unbranched alkanes of at least 4 members (excludes halogenated alkanes) is 4. The van der Waals surface area contributed by atoms with Crippen LogP contribution in [0.4, 0.5) is 0 Å². The summed E-state index contributed by atoms with van der Waals surface area (Å²) >= 11 is 0. The van der Waals surface area contributed by atoms with Crippen molar-refractivity contribution in [2.24, 2.45) is 5.41 Å². The van der Waals surface area contributed by atoms with E-state index in [1.54, 1.807) is 0 Å². The van der Waals surface area contributed by atoms with Gasteiger partial charge in [0.05, 0.1) is 6.10 Å². The van der Waals surface area contributed by atoms with Crippen molar-refractivity contribution in [2.75, 3.05) is 13.2 Å². The van der Waals surface area contributed by atoms with E-state index >= 15 is 0 Å². The van der Waals surface area contributed by atoms with E-state index in [-0.39, 0.29) is 0 Å². The van der Waals surface area contributed by atoms with Gasteiger partial charge in [0.25, 0.3) is 0 Å². The molecular weight excluding hydrogens is 246 g/mol. The monoisotopic (exact) mass is 283 g/mol. The number of hydrogen-bond acceptors (Lipinski definition) is 2. The normalized spacial score (nSPS) is 25.8. The minimum atomic E-state index is 0.375. The number of ether oxygens (including phenoxy) is 1. The van der Waals surface area contributed by atoms with Gasteiger partial charge in [0.15, 0.2) is 0 Å². The van der Waals surface area contributed by atoms with Crippen molar-refractivity contribution in [1.82, 2.24) is 5.32 Å². The first-order valence-corrected chi connectivity index (χ1v) is 8.96. The molecule has 0 radical (unpaired) electrons. The summed E-state index contributed by atoms with van der Waals surface area (Å²) in [5, 5.41) is 3.75. The molecule has 1 rings (SSSR count). The number of nitrogens with one attached hydrogen (secondary N) is 1. The van der Waals surface area contributed by atoms with Crippen LogP contribution in [-0.4, -0.2) is 25.3 Å². The Balaban J connectivity index is 2.32. The molecule has 0 spiro atoms. The Bertz CT molecular complexity index is 240. The Morgan fingerprint density at radius 1 is 1.05 bits per heavy atom. The first-order chi connectivity index (χ1) is 9.61. The molecule has 1 fully saturated rings. The quantitative estimate of drug-likeness (QED) is 0.575. The highest BCUT2D eigenvalue weighted by molar-refractivity contribution is 4.94. The fourth-order valence-corrected chi connectivity index (χ4v) is 3.41. The van der Waals surface area contributed by atoms with Crippen LogP contribution in [0, 0.1) is 5.41 Å². The summed E-state index contributed by atoms with van der Waals surface area (Å²) in [6, 6.07) is 0.534. The van der Waals surface area contributed by atoms with Crippen molar-refractivity contribution in [1.29, 1.82) is 0 Å². The van der Waals surface area contributed by atoms with Crippen LogP contribution in [0.5, 0.6) is 0 Å². The van der Waals surface area contributed by atoms with Crippen molar-refractivity contribution >= 4 is 0 Å². The summed E-state index contributed by atoms with van der Waals surface area (Å²) in [6.07, 6.45) is 12.1. The van der Waals surface area contributed by atoms with Gasteiger partial charge >= 0.3 is 0 Å². The molecule has 1 N–H and O–H groups in total. The molecular formula is C18H37NO. The molecule has 120 valence electrons. The second-order valence-corrected chi connectivity index (χ2v) is 7.14. The molecule has 0 aromatic heterocycles. The molecule has 0 heterocycles. The van der Waals surface area contributed by atoms with E-state index in [4.69, 9.17) is 4.74 Å². The molecule has 1 aliphatic rings. The van der Waals surface area contributed by atoms with E-state index in [1.165, 1.54) is 57.8 Å². The molecule has 0 aliphatic heterocycles. The summed E-state index contributed by atoms with van der Waals surface area (Å²) in [6.45, 7) is 11.4. The van der Waals surface area contributed by atoms with Gasteiger partial charge in [-0.05, 0) is 37.6 Å². The molecule has 0 amide bonds. The molecule has 2 heteroatoms. The predicted octanol–water partition coefficient (Wildman–Crippen LogP) is 4.92. The van der Waals surface area contributed by atoms with Crippen LogP contribution in [-0.2, 0) is 4.74 Å². The minimum Gasteiger partial charge on any atom is -0.377 e. The first kappa shape index (κ1) is 18.0. The van der Waals surface area contributed by atoms with E-state index in [2.05, 4.69) is 33.0 Å². The Kier molecular flexibility index (Phi) is 8.79. The van der Waals surface area contributed by atoms with Crippen molar-refractivity contribution in [2.45, 2.75) is 97.6 Å². The molecule has 20 heavy (non-hydrogen) atoms. The highest BCUT2D eigenvalue weighted by Crippen LogP contribution is 2.37. The Morgan fingerprint density at radius 3 is 2.50 bits per heavy atom. The zero-order chi connectivity index (χ0) is 14.8. The molecule has 1 aliphatic carbocycles. The number of rotatable bonds is 10. The highest BCUT2D eigenvalue weighted by Gasteiger charge is 2.38. The summed E-state index contributed by atoms with van der Waals surface area (Å²) < 4.78 is 6.25. The minimum absolute atomic E-state index is 0.375. The van der Waals surface area contributed by atoms with E-state index < -0.39 is 0 Å². The lowest BCUT2D eigenvalue weighted by Crippen LogP contribution is -2.53. The van der Waals surface area contributed by atoms with Crippen LogP contribution in [0.25, 0.3) is 0 Å². The zero-order valence-electron chi connectivity index (χ0n) is 14.3. The van der Waals surface area contributed by atoms with Crippen LogP contribution >= 0.6 is 0 Å². The van der Waals surface area contributed by atoms with Gasteiger partial charge in [-0.1, -0.05) is 59.8 Å². The van der Waals surface area contributed by atoms with Crippen LogP contribution in [0.2, 0.25) is 0 Å². The average Bonchev–Trinajstić information content (AvgIpc) is 2.41. The zero-order valence-corrected chi connectivity index (χ0v) is 14.3. The van der Waals surface area contributed by atoms with Gasteiger partial charge in [-0.3, -0.25) is 0 Å².